The molecular weight excluding hydrogens is 390 g/mol. The third kappa shape index (κ3) is 3.21. The van der Waals surface area contributed by atoms with Gasteiger partial charge in [0.2, 0.25) is 0 Å². The van der Waals surface area contributed by atoms with Crippen LogP contribution in [-0.2, 0) is 0 Å². The molecule has 0 radical (unpaired) electrons. The molecule has 1 fully saturated rings. The van der Waals surface area contributed by atoms with E-state index in [0.717, 1.165) is 51.9 Å². The number of aliphatic hydroxyl groups excluding tert-OH is 1. The van der Waals surface area contributed by atoms with E-state index in [-0.39, 0.29) is 0 Å². The van der Waals surface area contributed by atoms with Gasteiger partial charge < -0.3 is 15.4 Å². The summed E-state index contributed by atoms with van der Waals surface area (Å²) in [7, 11) is 0. The molecule has 154 valence electrons. The van der Waals surface area contributed by atoms with Gasteiger partial charge in [0.15, 0.2) is 11.5 Å². The van der Waals surface area contributed by atoms with Crippen LogP contribution in [0.2, 0.25) is 0 Å². The Balaban J connectivity index is 1.36. The topological polar surface area (TPSA) is 115 Å². The highest BCUT2D eigenvalue weighted by molar-refractivity contribution is 5.91. The van der Waals surface area contributed by atoms with E-state index in [4.69, 9.17) is 4.98 Å². The van der Waals surface area contributed by atoms with Crippen molar-refractivity contribution < 1.29 is 5.11 Å². The number of benzene rings is 1. The monoisotopic (exact) mass is 411 g/mol. The number of para-hydroxylation sites is 2. The second-order valence-corrected chi connectivity index (χ2v) is 8.01. The first-order chi connectivity index (χ1) is 15.2. The molecule has 0 amide bonds. The summed E-state index contributed by atoms with van der Waals surface area (Å²) < 4.78 is 0. The number of nitrogens with zero attached hydrogens (tertiary/aromatic N) is 4. The summed E-state index contributed by atoms with van der Waals surface area (Å²) in [4.78, 5) is 17.2. The summed E-state index contributed by atoms with van der Waals surface area (Å²) in [6.45, 7) is 0. The van der Waals surface area contributed by atoms with Gasteiger partial charge in [-0.1, -0.05) is 18.6 Å². The number of anilines is 1. The SMILES string of the molecule is OC(Nc1cncc(-c2ccc3[nH]nc(-c4nc5ccccc5[nH]4)c3n2)c1)C1CCC1. The molecule has 1 atom stereocenters. The molecular formula is C23H21N7O. The molecule has 0 spiro atoms. The van der Waals surface area contributed by atoms with Crippen LogP contribution in [-0.4, -0.2) is 41.5 Å². The van der Waals surface area contributed by atoms with Crippen LogP contribution in [0.25, 0.3) is 44.8 Å². The number of aromatic amines is 2. The first-order valence-electron chi connectivity index (χ1n) is 10.4. The van der Waals surface area contributed by atoms with Gasteiger partial charge in [-0.3, -0.25) is 10.1 Å². The van der Waals surface area contributed by atoms with E-state index in [1.165, 1.54) is 6.42 Å². The minimum absolute atomic E-state index is 0.315. The zero-order valence-corrected chi connectivity index (χ0v) is 16.7. The molecule has 1 aliphatic rings. The predicted molar refractivity (Wildman–Crippen MR) is 119 cm³/mol. The molecule has 1 aromatic carbocycles. The standard InChI is InChI=1S/C23H21N7O/c31-23(13-4-3-5-13)25-15-10-14(11-24-12-15)16-8-9-19-20(26-16)21(30-29-19)22-27-17-6-1-2-7-18(17)28-22/h1-2,6-13,23,25,31H,3-5H2,(H,27,28)(H,29,30). The number of H-pyrrole nitrogens is 2. The van der Waals surface area contributed by atoms with Crippen LogP contribution in [0.5, 0.6) is 0 Å². The molecule has 0 saturated heterocycles. The molecule has 8 heteroatoms. The van der Waals surface area contributed by atoms with E-state index in [9.17, 15) is 5.11 Å². The fourth-order valence-electron chi connectivity index (χ4n) is 3.99. The van der Waals surface area contributed by atoms with E-state index >= 15 is 0 Å². The Bertz CT molecular complexity index is 1350. The zero-order valence-electron chi connectivity index (χ0n) is 16.7. The van der Waals surface area contributed by atoms with Crippen LogP contribution in [0.1, 0.15) is 19.3 Å². The molecule has 0 aliphatic heterocycles. The lowest BCUT2D eigenvalue weighted by Gasteiger charge is -2.31. The molecule has 4 heterocycles. The third-order valence-electron chi connectivity index (χ3n) is 5.97. The second-order valence-electron chi connectivity index (χ2n) is 8.01. The lowest BCUT2D eigenvalue weighted by atomic mass is 9.84. The Morgan fingerprint density at radius 3 is 2.77 bits per heavy atom. The molecule has 31 heavy (non-hydrogen) atoms. The number of pyridine rings is 2. The molecule has 8 nitrogen and oxygen atoms in total. The van der Waals surface area contributed by atoms with Crippen molar-refractivity contribution in [1.29, 1.82) is 0 Å². The van der Waals surface area contributed by atoms with Crippen LogP contribution in [0, 0.1) is 5.92 Å². The Kier molecular flexibility index (Phi) is 4.17. The van der Waals surface area contributed by atoms with Crippen LogP contribution in [0.4, 0.5) is 5.69 Å². The lowest BCUT2D eigenvalue weighted by molar-refractivity contribution is 0.0851. The van der Waals surface area contributed by atoms with E-state index in [0.29, 0.717) is 17.4 Å². The molecule has 6 rings (SSSR count). The van der Waals surface area contributed by atoms with Crippen molar-refractivity contribution in [1.82, 2.24) is 30.1 Å². The fourth-order valence-corrected chi connectivity index (χ4v) is 3.99. The molecule has 0 bridgehead atoms. The van der Waals surface area contributed by atoms with E-state index in [1.54, 1.807) is 12.4 Å². The smallest absolute Gasteiger partial charge is 0.161 e. The quantitative estimate of drug-likeness (QED) is 0.324. The maximum absolute atomic E-state index is 10.3. The summed E-state index contributed by atoms with van der Waals surface area (Å²) in [5, 5.41) is 21.0. The summed E-state index contributed by atoms with van der Waals surface area (Å²) in [6.07, 6.45) is 6.26. The number of hydrogen-bond donors (Lipinski definition) is 4. The van der Waals surface area contributed by atoms with Gasteiger partial charge in [0.25, 0.3) is 0 Å². The normalized spacial score (nSPS) is 15.3. The van der Waals surface area contributed by atoms with Gasteiger partial charge in [-0.2, -0.15) is 5.10 Å². The number of aliphatic hydroxyl groups is 1. The predicted octanol–water partition coefficient (Wildman–Crippen LogP) is 4.09. The average Bonchev–Trinajstić information content (AvgIpc) is 3.36. The minimum atomic E-state index is -0.546. The minimum Gasteiger partial charge on any atom is -0.374 e. The molecule has 5 aromatic rings. The van der Waals surface area contributed by atoms with Crippen molar-refractivity contribution in [3.05, 3.63) is 54.9 Å². The van der Waals surface area contributed by atoms with Gasteiger partial charge in [0.05, 0.1) is 34.1 Å². The lowest BCUT2D eigenvalue weighted by Crippen LogP contribution is -2.33. The number of imidazole rings is 1. The van der Waals surface area contributed by atoms with Gasteiger partial charge in [0.1, 0.15) is 11.7 Å². The van der Waals surface area contributed by atoms with Crippen molar-refractivity contribution in [3.8, 4) is 22.8 Å². The van der Waals surface area contributed by atoms with Crippen molar-refractivity contribution in [2.24, 2.45) is 5.92 Å². The number of nitrogens with one attached hydrogen (secondary N) is 3. The first-order valence-corrected chi connectivity index (χ1v) is 10.4. The van der Waals surface area contributed by atoms with Crippen molar-refractivity contribution in [2.75, 3.05) is 5.32 Å². The summed E-state index contributed by atoms with van der Waals surface area (Å²) in [5.74, 6) is 0.990. The van der Waals surface area contributed by atoms with E-state index in [1.807, 2.05) is 42.5 Å². The molecule has 1 unspecified atom stereocenters. The molecule has 4 aromatic heterocycles. The number of rotatable bonds is 5. The van der Waals surface area contributed by atoms with Gasteiger partial charge in [-0.15, -0.1) is 0 Å². The highest BCUT2D eigenvalue weighted by Gasteiger charge is 2.25. The van der Waals surface area contributed by atoms with Crippen LogP contribution in [0.3, 0.4) is 0 Å². The van der Waals surface area contributed by atoms with Crippen LogP contribution < -0.4 is 5.32 Å². The van der Waals surface area contributed by atoms with Crippen molar-refractivity contribution >= 4 is 27.8 Å². The van der Waals surface area contributed by atoms with Crippen LogP contribution in [0.15, 0.2) is 54.9 Å². The number of aromatic nitrogens is 6. The first kappa shape index (κ1) is 18.0. The third-order valence-corrected chi connectivity index (χ3v) is 5.97. The maximum atomic E-state index is 10.3. The molecule has 1 aliphatic carbocycles. The average molecular weight is 411 g/mol. The Morgan fingerprint density at radius 1 is 1.03 bits per heavy atom. The number of fused-ring (bicyclic) bond motifs is 2. The Morgan fingerprint density at radius 2 is 1.94 bits per heavy atom. The maximum Gasteiger partial charge on any atom is 0.161 e. The van der Waals surface area contributed by atoms with Crippen LogP contribution >= 0.6 is 0 Å². The van der Waals surface area contributed by atoms with Gasteiger partial charge in [0, 0.05) is 17.7 Å². The zero-order chi connectivity index (χ0) is 20.8. The number of hydrogen-bond acceptors (Lipinski definition) is 6. The van der Waals surface area contributed by atoms with Gasteiger partial charge in [-0.05, 0) is 43.2 Å². The second kappa shape index (κ2) is 7.17. The van der Waals surface area contributed by atoms with Crippen molar-refractivity contribution in [2.45, 2.75) is 25.5 Å². The van der Waals surface area contributed by atoms with Gasteiger partial charge >= 0.3 is 0 Å². The summed E-state index contributed by atoms with van der Waals surface area (Å²) in [5.41, 5.74) is 6.52. The fraction of sp³-hybridized carbons (Fsp3) is 0.217. The van der Waals surface area contributed by atoms with E-state index in [2.05, 4.69) is 30.5 Å². The highest BCUT2D eigenvalue weighted by atomic mass is 16.3. The Labute approximate surface area is 177 Å². The summed E-state index contributed by atoms with van der Waals surface area (Å²) >= 11 is 0. The molecule has 1 saturated carbocycles. The highest BCUT2D eigenvalue weighted by Crippen LogP contribution is 2.31. The largest absolute Gasteiger partial charge is 0.374 e. The molecule has 4 N–H and O–H groups in total. The summed E-state index contributed by atoms with van der Waals surface area (Å²) in [6, 6.07) is 13.7. The van der Waals surface area contributed by atoms with Crippen molar-refractivity contribution in [3.63, 3.8) is 0 Å². The van der Waals surface area contributed by atoms with Gasteiger partial charge in [-0.25, -0.2) is 9.97 Å². The Hall–Kier alpha value is -3.78. The van der Waals surface area contributed by atoms with E-state index < -0.39 is 6.23 Å².